The summed E-state index contributed by atoms with van der Waals surface area (Å²) >= 11 is 0. The first-order valence-electron chi connectivity index (χ1n) is 42.0. The number of fused-ring (bicyclic) bond motifs is 2. The maximum atomic E-state index is 16.9. The largest absolute Gasteiger partial charge is 0.459 e. The molecule has 22 nitrogen and oxygen atoms in total. The molecule has 120 heavy (non-hydrogen) atoms. The van der Waals surface area contributed by atoms with E-state index in [9.17, 15) is 19.2 Å². The molecule has 0 bridgehead atoms. The Hall–Kier alpha value is -12.5. The number of imide groups is 2. The van der Waals surface area contributed by atoms with Crippen LogP contribution in [0.1, 0.15) is 211 Å². The first kappa shape index (κ1) is 82.6. The Balaban J connectivity index is 0.971. The van der Waals surface area contributed by atoms with Crippen LogP contribution in [-0.2, 0) is 47.7 Å². The van der Waals surface area contributed by atoms with Crippen LogP contribution in [0.15, 0.2) is 194 Å². The number of amides is 6. The lowest BCUT2D eigenvalue weighted by Crippen LogP contribution is -2.60. The zero-order chi connectivity index (χ0) is 84.5. The quantitative estimate of drug-likeness (QED) is 0.0110. The van der Waals surface area contributed by atoms with Crippen molar-refractivity contribution >= 4 is 102 Å². The lowest BCUT2D eigenvalue weighted by molar-refractivity contribution is -0.155. The molecular formula is C98H100N4O18. The standard InChI is InChI=1S/C98H100N4O18/c1-11-29-75(93(107)99(59-31-25-43-67(47-59)117-95(109)55(3)4)60-32-26-44-68(48-60)118-96(110)56(5)6)101-89(103)71-51-77(113-63-35-17-13-18-36-63)83-85-79(115-65-39-21-15-22-40-65)53-73-82-74(54-80(116-66-41-23-16-24-42-66)86(88(82)85)84-78(114-64-37-19-14-20-38-64)52-72(90(101)104)81(71)87(83)84)92(106)102(91(73)105)76(30-12-2)94(108)100(61-33-27-45-69(49-61)119-97(111)57(7)8)62-34-28-46-70(50-62)120-98(112)58(9)10/h13-24,35-42,51-54,59-62,67-70,75-76H,3,5,7,9,11-12,25-34,43-50H2,1-2,4,6,8,10H3. The second-order valence-corrected chi connectivity index (χ2v) is 32.9. The second kappa shape index (κ2) is 35.2. The van der Waals surface area contributed by atoms with Crippen LogP contribution in [0.4, 0.5) is 0 Å². The van der Waals surface area contributed by atoms with E-state index >= 15 is 28.8 Å². The normalized spacial score (nSPS) is 20.8. The van der Waals surface area contributed by atoms with Gasteiger partial charge in [0.05, 0.1) is 22.3 Å². The van der Waals surface area contributed by atoms with Gasteiger partial charge >= 0.3 is 23.9 Å². The molecule has 0 aromatic heterocycles. The number of nitrogens with zero attached hydrogens (tertiary/aromatic N) is 4. The van der Waals surface area contributed by atoms with Gasteiger partial charge in [0, 0.05) is 115 Å². The van der Waals surface area contributed by atoms with Crippen LogP contribution in [-0.4, -0.2) is 140 Å². The number of rotatable bonds is 28. The molecule has 10 unspecified atom stereocenters. The first-order valence-corrected chi connectivity index (χ1v) is 42.0. The molecule has 620 valence electrons. The zero-order valence-corrected chi connectivity index (χ0v) is 68.7. The minimum Gasteiger partial charge on any atom is -0.459 e. The summed E-state index contributed by atoms with van der Waals surface area (Å²) in [4.78, 5) is 160. The summed E-state index contributed by atoms with van der Waals surface area (Å²) in [7, 11) is 0. The van der Waals surface area contributed by atoms with Crippen LogP contribution in [0.2, 0.25) is 0 Å². The van der Waals surface area contributed by atoms with Crippen LogP contribution < -0.4 is 18.9 Å². The molecule has 0 N–H and O–H groups in total. The molecule has 22 heteroatoms. The van der Waals surface area contributed by atoms with Gasteiger partial charge in [-0.1, -0.05) is 126 Å². The highest BCUT2D eigenvalue weighted by Gasteiger charge is 2.51. The number of esters is 4. The lowest BCUT2D eigenvalue weighted by Gasteiger charge is -2.46. The van der Waals surface area contributed by atoms with E-state index in [2.05, 4.69) is 26.3 Å². The molecule has 0 radical (unpaired) electrons. The third-order valence-electron chi connectivity index (χ3n) is 24.1. The van der Waals surface area contributed by atoms with Crippen molar-refractivity contribution in [1.82, 2.24) is 19.6 Å². The molecule has 4 saturated carbocycles. The summed E-state index contributed by atoms with van der Waals surface area (Å²) in [5.41, 5.74) is 0.748. The predicted molar refractivity (Wildman–Crippen MR) is 454 cm³/mol. The van der Waals surface area contributed by atoms with Crippen molar-refractivity contribution in [2.24, 2.45) is 0 Å². The molecule has 10 atom stereocenters. The number of hydrogen-bond acceptors (Lipinski definition) is 18. The number of para-hydroxylation sites is 4. The Bertz CT molecular complexity index is 4960. The third-order valence-corrected chi connectivity index (χ3v) is 24.1. The van der Waals surface area contributed by atoms with Crippen LogP contribution >= 0.6 is 0 Å². The Morgan fingerprint density at radius 1 is 0.342 bits per heavy atom. The maximum absolute atomic E-state index is 16.9. The van der Waals surface area contributed by atoms with Crippen LogP contribution in [0, 0.1) is 0 Å². The van der Waals surface area contributed by atoms with Gasteiger partial charge in [0.25, 0.3) is 23.6 Å². The fraction of sp³-hybridized carbons (Fsp3) is 0.367. The molecule has 15 rings (SSSR count). The summed E-state index contributed by atoms with van der Waals surface area (Å²) in [6, 6.07) is 36.7. The van der Waals surface area contributed by atoms with E-state index in [0.717, 1.165) is 9.80 Å². The minimum absolute atomic E-state index is 0.0100. The van der Waals surface area contributed by atoms with E-state index in [1.165, 1.54) is 0 Å². The highest BCUT2D eigenvalue weighted by atomic mass is 16.6. The SMILES string of the molecule is C=C(C)C(=O)OC1CCCC(N(C(=O)C(CCC)N2C(=O)c3cc(Oc4ccccc4)c4c5c(Oc6ccccc6)cc6c7c(cc(Oc8ccccc8)c(c8c(Oc9ccccc9)cc(c3c48)C2=O)c75)C(=O)N(C(CCC)C(=O)N(C2CCCC(OC(=O)C(=C)C)C2)C2CCCC(OC(=O)C(=C)C)C2)C6=O)C2CCCC(OC(=O)C(=C)C)C2)C1. The van der Waals surface area contributed by atoms with Crippen molar-refractivity contribution < 1.29 is 85.8 Å². The van der Waals surface area contributed by atoms with E-state index < -0.39 is 120 Å². The van der Waals surface area contributed by atoms with E-state index in [0.29, 0.717) is 113 Å². The van der Waals surface area contributed by atoms with Crippen LogP contribution in [0.25, 0.3) is 43.1 Å². The summed E-state index contributed by atoms with van der Waals surface area (Å²) in [6.45, 7) is 25.3. The monoisotopic (exact) mass is 1620 g/mol. The Labute approximate surface area is 697 Å². The molecule has 4 aliphatic carbocycles. The van der Waals surface area contributed by atoms with E-state index in [-0.39, 0.29) is 149 Å². The Kier molecular flexibility index (Phi) is 24.3. The molecule has 4 fully saturated rings. The summed E-state index contributed by atoms with van der Waals surface area (Å²) in [5, 5.41) is 1.76. The molecule has 2 aliphatic heterocycles. The molecule has 0 saturated heterocycles. The van der Waals surface area contributed by atoms with Crippen LogP contribution in [0.3, 0.4) is 0 Å². The van der Waals surface area contributed by atoms with Gasteiger partial charge in [-0.3, -0.25) is 38.6 Å². The van der Waals surface area contributed by atoms with Gasteiger partial charge in [0.15, 0.2) is 0 Å². The van der Waals surface area contributed by atoms with Gasteiger partial charge in [-0.25, -0.2) is 19.2 Å². The van der Waals surface area contributed by atoms with E-state index in [1.54, 1.807) is 159 Å². The molecule has 6 aliphatic rings. The number of benzene rings is 9. The lowest BCUT2D eigenvalue weighted by atomic mass is 9.80. The average Bonchev–Trinajstić information content (AvgIpc) is 0.669. The molecule has 2 heterocycles. The van der Waals surface area contributed by atoms with Crippen LogP contribution in [0.5, 0.6) is 46.0 Å². The first-order chi connectivity index (χ1) is 57.9. The predicted octanol–water partition coefficient (Wildman–Crippen LogP) is 19.8. The molecule has 6 amide bonds. The third kappa shape index (κ3) is 16.4. The van der Waals surface area contributed by atoms with Gasteiger partial charge in [-0.05, 0) is 190 Å². The molecule has 9 aromatic rings. The van der Waals surface area contributed by atoms with Gasteiger partial charge in [0.1, 0.15) is 82.5 Å². The Morgan fingerprint density at radius 3 is 0.775 bits per heavy atom. The number of carbonyl (C=O) groups is 10. The number of carbonyl (C=O) groups excluding carboxylic acids is 10. The van der Waals surface area contributed by atoms with Crippen molar-refractivity contribution in [3.8, 4) is 46.0 Å². The van der Waals surface area contributed by atoms with E-state index in [1.807, 2.05) is 38.1 Å². The van der Waals surface area contributed by atoms with E-state index in [4.69, 9.17) is 37.9 Å². The fourth-order valence-electron chi connectivity index (χ4n) is 18.8. The van der Waals surface area contributed by atoms with Crippen molar-refractivity contribution in [3.63, 3.8) is 0 Å². The summed E-state index contributed by atoms with van der Waals surface area (Å²) < 4.78 is 53.2. The molecule has 0 spiro atoms. The second-order valence-electron chi connectivity index (χ2n) is 32.9. The number of hydrogen-bond donors (Lipinski definition) is 0. The van der Waals surface area contributed by atoms with Crippen molar-refractivity contribution in [2.75, 3.05) is 0 Å². The van der Waals surface area contributed by atoms with Gasteiger partial charge in [0.2, 0.25) is 11.8 Å². The van der Waals surface area contributed by atoms with Gasteiger partial charge in [-0.2, -0.15) is 0 Å². The smallest absolute Gasteiger partial charge is 0.333 e. The average molecular weight is 1620 g/mol. The highest BCUT2D eigenvalue weighted by Crippen LogP contribution is 2.59. The fourth-order valence-corrected chi connectivity index (χ4v) is 18.8. The summed E-state index contributed by atoms with van der Waals surface area (Å²) in [5.74, 6) is -5.18. The van der Waals surface area contributed by atoms with Crippen molar-refractivity contribution in [2.45, 2.75) is 231 Å². The topological polar surface area (TPSA) is 258 Å². The van der Waals surface area contributed by atoms with Gasteiger partial charge in [-0.15, -0.1) is 0 Å². The summed E-state index contributed by atoms with van der Waals surface area (Å²) in [6.07, 6.45) is 5.57. The Morgan fingerprint density at radius 2 is 0.567 bits per heavy atom. The number of ether oxygens (including phenoxy) is 8. The minimum atomic E-state index is -1.45. The molecular weight excluding hydrogens is 1520 g/mol. The maximum Gasteiger partial charge on any atom is 0.333 e. The van der Waals surface area contributed by atoms with Gasteiger partial charge < -0.3 is 47.7 Å². The highest BCUT2D eigenvalue weighted by molar-refractivity contribution is 6.45. The molecule has 9 aromatic carbocycles. The van der Waals surface area contributed by atoms with Crippen molar-refractivity contribution in [3.05, 3.63) is 216 Å². The van der Waals surface area contributed by atoms with Crippen molar-refractivity contribution in [1.29, 1.82) is 0 Å². The zero-order valence-electron chi connectivity index (χ0n) is 68.7.